The van der Waals surface area contributed by atoms with Crippen LogP contribution in [0.2, 0.25) is 0 Å². The molecule has 6 heteroatoms. The van der Waals surface area contributed by atoms with Crippen molar-refractivity contribution in [3.8, 4) is 0 Å². The Balaban J connectivity index is 0.00000288. The second-order valence-electron chi connectivity index (χ2n) is 6.27. The van der Waals surface area contributed by atoms with Crippen LogP contribution < -0.4 is 10.6 Å². The molecule has 0 aromatic heterocycles. The number of amides is 1. The summed E-state index contributed by atoms with van der Waals surface area (Å²) < 4.78 is 13.6. The van der Waals surface area contributed by atoms with Crippen molar-refractivity contribution in [2.45, 2.75) is 26.2 Å². The van der Waals surface area contributed by atoms with Gasteiger partial charge < -0.3 is 15.5 Å². The second-order valence-corrected chi connectivity index (χ2v) is 6.27. The van der Waals surface area contributed by atoms with Crippen LogP contribution in [0.3, 0.4) is 0 Å². The van der Waals surface area contributed by atoms with Crippen molar-refractivity contribution in [1.29, 1.82) is 0 Å². The van der Waals surface area contributed by atoms with Crippen LogP contribution >= 0.6 is 12.4 Å². The fraction of sp³-hybridized carbons (Fsp3) is 0.611. The Kier molecular flexibility index (Phi) is 9.91. The van der Waals surface area contributed by atoms with Crippen LogP contribution in [-0.2, 0) is 11.2 Å². The number of nitrogens with one attached hydrogen (secondary N) is 2. The van der Waals surface area contributed by atoms with Gasteiger partial charge in [0.1, 0.15) is 5.82 Å². The molecule has 1 aromatic rings. The molecule has 1 atom stereocenters. The van der Waals surface area contributed by atoms with Crippen molar-refractivity contribution in [1.82, 2.24) is 15.5 Å². The van der Waals surface area contributed by atoms with Crippen molar-refractivity contribution in [3.63, 3.8) is 0 Å². The maximum absolute atomic E-state index is 13.6. The highest BCUT2D eigenvalue weighted by atomic mass is 35.5. The monoisotopic (exact) mass is 357 g/mol. The van der Waals surface area contributed by atoms with E-state index in [1.54, 1.807) is 12.1 Å². The maximum atomic E-state index is 13.6. The summed E-state index contributed by atoms with van der Waals surface area (Å²) in [6.45, 7) is 7.95. The SMILES string of the molecule is CC(CCc1ccccc1F)C(=O)NCCCN1CCNCC1.Cl. The van der Waals surface area contributed by atoms with Crippen LogP contribution in [0.5, 0.6) is 0 Å². The van der Waals surface area contributed by atoms with Gasteiger partial charge in [-0.15, -0.1) is 12.4 Å². The van der Waals surface area contributed by atoms with E-state index in [1.165, 1.54) is 6.07 Å². The number of carbonyl (C=O) groups excluding carboxylic acids is 1. The van der Waals surface area contributed by atoms with E-state index < -0.39 is 0 Å². The molecule has 1 aliphatic heterocycles. The molecule has 136 valence electrons. The molecule has 1 saturated heterocycles. The third-order valence-corrected chi connectivity index (χ3v) is 4.41. The summed E-state index contributed by atoms with van der Waals surface area (Å²) in [6, 6.07) is 6.77. The Hall–Kier alpha value is -1.17. The Morgan fingerprint density at radius 3 is 2.75 bits per heavy atom. The molecule has 0 bridgehead atoms. The van der Waals surface area contributed by atoms with Crippen molar-refractivity contribution in [2.24, 2.45) is 5.92 Å². The Bertz CT molecular complexity index is 495. The zero-order valence-corrected chi connectivity index (χ0v) is 15.2. The number of aryl methyl sites for hydroxylation is 1. The summed E-state index contributed by atoms with van der Waals surface area (Å²) in [7, 11) is 0. The minimum atomic E-state index is -0.184. The van der Waals surface area contributed by atoms with Gasteiger partial charge in [0.2, 0.25) is 5.91 Å². The van der Waals surface area contributed by atoms with Gasteiger partial charge in [-0.05, 0) is 37.4 Å². The van der Waals surface area contributed by atoms with Crippen molar-refractivity contribution in [2.75, 3.05) is 39.3 Å². The third-order valence-electron chi connectivity index (χ3n) is 4.41. The molecule has 2 N–H and O–H groups in total. The van der Waals surface area contributed by atoms with Gasteiger partial charge in [-0.3, -0.25) is 4.79 Å². The quantitative estimate of drug-likeness (QED) is 0.701. The zero-order chi connectivity index (χ0) is 16.5. The van der Waals surface area contributed by atoms with E-state index in [9.17, 15) is 9.18 Å². The van der Waals surface area contributed by atoms with Crippen LogP contribution in [-0.4, -0.2) is 50.1 Å². The van der Waals surface area contributed by atoms with E-state index in [-0.39, 0.29) is 30.0 Å². The van der Waals surface area contributed by atoms with E-state index in [0.717, 1.165) is 39.1 Å². The molecule has 1 amide bonds. The molecule has 0 spiro atoms. The first-order valence-electron chi connectivity index (χ1n) is 8.61. The molecule has 0 saturated carbocycles. The lowest BCUT2D eigenvalue weighted by Gasteiger charge is -2.27. The van der Waals surface area contributed by atoms with Crippen molar-refractivity contribution < 1.29 is 9.18 Å². The summed E-state index contributed by atoms with van der Waals surface area (Å²) in [6.07, 6.45) is 2.25. The molecular formula is C18H29ClFN3O. The lowest BCUT2D eigenvalue weighted by atomic mass is 10.00. The zero-order valence-electron chi connectivity index (χ0n) is 14.4. The summed E-state index contributed by atoms with van der Waals surface area (Å²) in [4.78, 5) is 14.5. The van der Waals surface area contributed by atoms with Gasteiger partial charge in [-0.1, -0.05) is 25.1 Å². The molecule has 0 aliphatic carbocycles. The average Bonchev–Trinajstić information content (AvgIpc) is 2.58. The number of rotatable bonds is 8. The highest BCUT2D eigenvalue weighted by Gasteiger charge is 2.14. The lowest BCUT2D eigenvalue weighted by molar-refractivity contribution is -0.124. The fourth-order valence-corrected chi connectivity index (χ4v) is 2.83. The summed E-state index contributed by atoms with van der Waals surface area (Å²) in [5.74, 6) is -0.202. The predicted molar refractivity (Wildman–Crippen MR) is 98.1 cm³/mol. The molecule has 1 aromatic carbocycles. The normalized spacial score (nSPS) is 16.2. The van der Waals surface area contributed by atoms with Gasteiger partial charge in [-0.25, -0.2) is 4.39 Å². The fourth-order valence-electron chi connectivity index (χ4n) is 2.83. The smallest absolute Gasteiger partial charge is 0.222 e. The maximum Gasteiger partial charge on any atom is 0.222 e. The second kappa shape index (κ2) is 11.4. The van der Waals surface area contributed by atoms with Crippen LogP contribution in [0.1, 0.15) is 25.3 Å². The first-order chi connectivity index (χ1) is 11.2. The number of hydrogen-bond donors (Lipinski definition) is 2. The van der Waals surface area contributed by atoms with Crippen LogP contribution in [0.4, 0.5) is 4.39 Å². The van der Waals surface area contributed by atoms with Crippen LogP contribution in [0, 0.1) is 11.7 Å². The Labute approximate surface area is 150 Å². The molecular weight excluding hydrogens is 329 g/mol. The molecule has 1 heterocycles. The van der Waals surface area contributed by atoms with E-state index in [1.807, 2.05) is 13.0 Å². The standard InChI is InChI=1S/C18H28FN3O.ClH/c1-15(7-8-16-5-2-3-6-17(16)19)18(23)21-9-4-12-22-13-10-20-11-14-22;/h2-3,5-6,15,20H,4,7-14H2,1H3,(H,21,23);1H. The average molecular weight is 358 g/mol. The number of piperazine rings is 1. The van der Waals surface area contributed by atoms with E-state index >= 15 is 0 Å². The highest BCUT2D eigenvalue weighted by molar-refractivity contribution is 5.85. The molecule has 4 nitrogen and oxygen atoms in total. The third kappa shape index (κ3) is 7.16. The Morgan fingerprint density at radius 1 is 1.33 bits per heavy atom. The topological polar surface area (TPSA) is 44.4 Å². The van der Waals surface area contributed by atoms with Gasteiger partial charge in [0.15, 0.2) is 0 Å². The minimum Gasteiger partial charge on any atom is -0.356 e. The van der Waals surface area contributed by atoms with Crippen molar-refractivity contribution in [3.05, 3.63) is 35.6 Å². The number of hydrogen-bond acceptors (Lipinski definition) is 3. The molecule has 1 fully saturated rings. The number of nitrogens with zero attached hydrogens (tertiary/aromatic N) is 1. The summed E-state index contributed by atoms with van der Waals surface area (Å²) in [5, 5.41) is 6.33. The number of carbonyl (C=O) groups is 1. The van der Waals surface area contributed by atoms with E-state index in [4.69, 9.17) is 0 Å². The summed E-state index contributed by atoms with van der Waals surface area (Å²) >= 11 is 0. The van der Waals surface area contributed by atoms with Crippen LogP contribution in [0.25, 0.3) is 0 Å². The van der Waals surface area contributed by atoms with E-state index in [2.05, 4.69) is 15.5 Å². The molecule has 2 rings (SSSR count). The first kappa shape index (κ1) is 20.9. The minimum absolute atomic E-state index is 0. The summed E-state index contributed by atoms with van der Waals surface area (Å²) in [5.41, 5.74) is 0.686. The van der Waals surface area contributed by atoms with Crippen LogP contribution in [0.15, 0.2) is 24.3 Å². The van der Waals surface area contributed by atoms with Gasteiger partial charge in [-0.2, -0.15) is 0 Å². The van der Waals surface area contributed by atoms with E-state index in [0.29, 0.717) is 24.9 Å². The molecule has 1 unspecified atom stereocenters. The van der Waals surface area contributed by atoms with Gasteiger partial charge >= 0.3 is 0 Å². The van der Waals surface area contributed by atoms with Gasteiger partial charge in [0, 0.05) is 38.6 Å². The van der Waals surface area contributed by atoms with Gasteiger partial charge in [0.05, 0.1) is 0 Å². The number of benzene rings is 1. The van der Waals surface area contributed by atoms with Gasteiger partial charge in [0.25, 0.3) is 0 Å². The largest absolute Gasteiger partial charge is 0.356 e. The highest BCUT2D eigenvalue weighted by Crippen LogP contribution is 2.13. The molecule has 0 radical (unpaired) electrons. The van der Waals surface area contributed by atoms with Crippen molar-refractivity contribution >= 4 is 18.3 Å². The Morgan fingerprint density at radius 2 is 2.04 bits per heavy atom. The molecule has 24 heavy (non-hydrogen) atoms. The lowest BCUT2D eigenvalue weighted by Crippen LogP contribution is -2.44. The number of halogens is 2. The predicted octanol–water partition coefficient (Wildman–Crippen LogP) is 2.23. The first-order valence-corrected chi connectivity index (χ1v) is 8.61. The molecule has 1 aliphatic rings.